The lowest BCUT2D eigenvalue weighted by molar-refractivity contribution is -0.137. The van der Waals surface area contributed by atoms with Crippen molar-refractivity contribution in [3.8, 4) is 0 Å². The van der Waals surface area contributed by atoms with E-state index in [-0.39, 0.29) is 0 Å². The van der Waals surface area contributed by atoms with Gasteiger partial charge in [0.25, 0.3) is 0 Å². The van der Waals surface area contributed by atoms with Crippen molar-refractivity contribution in [3.63, 3.8) is 0 Å². The lowest BCUT2D eigenvalue weighted by Gasteiger charge is -2.38. The van der Waals surface area contributed by atoms with Crippen LogP contribution in [-0.4, -0.2) is 39.8 Å². The van der Waals surface area contributed by atoms with Crippen molar-refractivity contribution in [2.75, 3.05) is 33.9 Å². The standard InChI is InChI=1S/C16H22F3N3O/c1-20-14(21-2)22-11-15(6-8-23-9-7-15)12-4-3-5-13(10-12)16(17,18)19/h3-5,10H,6-9,11H2,1-2H3,(H2,20,21,22). The van der Waals surface area contributed by atoms with Crippen LogP contribution in [0.5, 0.6) is 0 Å². The molecular formula is C16H22F3N3O. The Morgan fingerprint density at radius 3 is 2.57 bits per heavy atom. The second-order valence-corrected chi connectivity index (χ2v) is 5.65. The fraction of sp³-hybridized carbons (Fsp3) is 0.562. The van der Waals surface area contributed by atoms with Crippen molar-refractivity contribution in [1.29, 1.82) is 0 Å². The number of ether oxygens (including phenoxy) is 1. The molecule has 0 radical (unpaired) electrons. The molecular weight excluding hydrogens is 307 g/mol. The molecule has 0 spiro atoms. The van der Waals surface area contributed by atoms with E-state index in [1.807, 2.05) is 0 Å². The molecule has 7 heteroatoms. The Labute approximate surface area is 134 Å². The molecule has 1 aromatic carbocycles. The van der Waals surface area contributed by atoms with Crippen LogP contribution in [0.2, 0.25) is 0 Å². The van der Waals surface area contributed by atoms with Crippen molar-refractivity contribution in [3.05, 3.63) is 35.4 Å². The first-order valence-electron chi connectivity index (χ1n) is 7.55. The number of rotatable bonds is 3. The molecule has 1 saturated heterocycles. The maximum atomic E-state index is 13.0. The normalized spacial score (nSPS) is 18.6. The molecule has 1 heterocycles. The van der Waals surface area contributed by atoms with Gasteiger partial charge in [-0.15, -0.1) is 0 Å². The zero-order chi connectivity index (χ0) is 16.9. The Morgan fingerprint density at radius 1 is 1.30 bits per heavy atom. The Balaban J connectivity index is 2.31. The molecule has 2 N–H and O–H groups in total. The third-order valence-electron chi connectivity index (χ3n) is 4.31. The molecule has 0 aliphatic carbocycles. The van der Waals surface area contributed by atoms with Crippen molar-refractivity contribution >= 4 is 5.96 Å². The van der Waals surface area contributed by atoms with E-state index in [2.05, 4.69) is 15.6 Å². The van der Waals surface area contributed by atoms with Crippen LogP contribution < -0.4 is 10.6 Å². The van der Waals surface area contributed by atoms with Gasteiger partial charge in [-0.2, -0.15) is 13.2 Å². The fourth-order valence-electron chi connectivity index (χ4n) is 2.89. The van der Waals surface area contributed by atoms with Crippen LogP contribution in [0.4, 0.5) is 13.2 Å². The molecule has 1 aromatic rings. The number of guanidine groups is 1. The number of aliphatic imine (C=N–C) groups is 1. The monoisotopic (exact) mass is 329 g/mol. The van der Waals surface area contributed by atoms with Crippen LogP contribution in [0.1, 0.15) is 24.0 Å². The minimum Gasteiger partial charge on any atom is -0.381 e. The van der Waals surface area contributed by atoms with Gasteiger partial charge in [-0.05, 0) is 24.5 Å². The minimum atomic E-state index is -4.34. The zero-order valence-electron chi connectivity index (χ0n) is 13.3. The molecule has 2 rings (SSSR count). The van der Waals surface area contributed by atoms with Crippen molar-refractivity contribution in [2.45, 2.75) is 24.4 Å². The number of halogens is 3. The molecule has 1 aliphatic rings. The minimum absolute atomic E-state index is 0.397. The first-order valence-corrected chi connectivity index (χ1v) is 7.55. The molecule has 0 saturated carbocycles. The Kier molecular flexibility index (Phi) is 5.51. The summed E-state index contributed by atoms with van der Waals surface area (Å²) in [5.41, 5.74) is -0.319. The molecule has 1 fully saturated rings. The average molecular weight is 329 g/mol. The second-order valence-electron chi connectivity index (χ2n) is 5.65. The van der Waals surface area contributed by atoms with Gasteiger partial charge < -0.3 is 15.4 Å². The molecule has 4 nitrogen and oxygen atoms in total. The summed E-state index contributed by atoms with van der Waals surface area (Å²) in [6.07, 6.45) is -3.00. The lowest BCUT2D eigenvalue weighted by Crippen LogP contribution is -2.47. The highest BCUT2D eigenvalue weighted by Crippen LogP contribution is 2.37. The van der Waals surface area contributed by atoms with Gasteiger partial charge in [0.2, 0.25) is 0 Å². The number of nitrogens with zero attached hydrogens (tertiary/aromatic N) is 1. The third kappa shape index (κ3) is 4.16. The summed E-state index contributed by atoms with van der Waals surface area (Å²) in [5, 5.41) is 6.11. The smallest absolute Gasteiger partial charge is 0.381 e. The number of hydrogen-bond acceptors (Lipinski definition) is 2. The molecule has 128 valence electrons. The van der Waals surface area contributed by atoms with Crippen LogP contribution in [0, 0.1) is 0 Å². The van der Waals surface area contributed by atoms with Gasteiger partial charge in [-0.1, -0.05) is 18.2 Å². The maximum absolute atomic E-state index is 13.0. The third-order valence-corrected chi connectivity index (χ3v) is 4.31. The molecule has 0 unspecified atom stereocenters. The van der Waals surface area contributed by atoms with Crippen LogP contribution in [0.25, 0.3) is 0 Å². The highest BCUT2D eigenvalue weighted by Gasteiger charge is 2.37. The summed E-state index contributed by atoms with van der Waals surface area (Å²) in [5.74, 6) is 0.614. The fourth-order valence-corrected chi connectivity index (χ4v) is 2.89. The SMILES string of the molecule is CN=C(NC)NCC1(c2cccc(C(F)(F)F)c2)CCOCC1. The van der Waals surface area contributed by atoms with Crippen molar-refractivity contribution in [2.24, 2.45) is 4.99 Å². The summed E-state index contributed by atoms with van der Waals surface area (Å²) in [6, 6.07) is 5.61. The molecule has 0 aromatic heterocycles. The van der Waals surface area contributed by atoms with E-state index in [1.54, 1.807) is 20.2 Å². The number of benzene rings is 1. The Hall–Kier alpha value is -1.76. The highest BCUT2D eigenvalue weighted by molar-refractivity contribution is 5.79. The predicted molar refractivity (Wildman–Crippen MR) is 83.6 cm³/mol. The highest BCUT2D eigenvalue weighted by atomic mass is 19.4. The second kappa shape index (κ2) is 7.21. The summed E-state index contributed by atoms with van der Waals surface area (Å²) < 4.78 is 44.4. The molecule has 0 amide bonds. The zero-order valence-corrected chi connectivity index (χ0v) is 13.3. The molecule has 0 atom stereocenters. The maximum Gasteiger partial charge on any atom is 0.416 e. The van der Waals surface area contributed by atoms with Gasteiger partial charge in [0, 0.05) is 39.3 Å². The van der Waals surface area contributed by atoms with Gasteiger partial charge in [0.05, 0.1) is 5.56 Å². The van der Waals surface area contributed by atoms with E-state index in [0.29, 0.717) is 44.1 Å². The summed E-state index contributed by atoms with van der Waals surface area (Å²) in [6.45, 7) is 1.58. The van der Waals surface area contributed by atoms with Gasteiger partial charge in [-0.3, -0.25) is 4.99 Å². The molecule has 0 bridgehead atoms. The average Bonchev–Trinajstić information content (AvgIpc) is 2.56. The van der Waals surface area contributed by atoms with Crippen LogP contribution in [0.3, 0.4) is 0 Å². The van der Waals surface area contributed by atoms with E-state index < -0.39 is 17.2 Å². The van der Waals surface area contributed by atoms with E-state index in [4.69, 9.17) is 4.74 Å². The quantitative estimate of drug-likeness (QED) is 0.662. The predicted octanol–water partition coefficient (Wildman–Crippen LogP) is 2.55. The van der Waals surface area contributed by atoms with E-state index in [1.165, 1.54) is 12.1 Å². The first kappa shape index (κ1) is 17.6. The molecule has 1 aliphatic heterocycles. The number of nitrogens with one attached hydrogen (secondary N) is 2. The van der Waals surface area contributed by atoms with Gasteiger partial charge in [-0.25, -0.2) is 0 Å². The number of alkyl halides is 3. The van der Waals surface area contributed by atoms with Crippen LogP contribution in [0.15, 0.2) is 29.3 Å². The summed E-state index contributed by atoms with van der Waals surface area (Å²) in [7, 11) is 3.40. The number of hydrogen-bond donors (Lipinski definition) is 2. The van der Waals surface area contributed by atoms with Gasteiger partial charge >= 0.3 is 6.18 Å². The molecule has 23 heavy (non-hydrogen) atoms. The van der Waals surface area contributed by atoms with Crippen LogP contribution >= 0.6 is 0 Å². The largest absolute Gasteiger partial charge is 0.416 e. The Morgan fingerprint density at radius 2 is 2.00 bits per heavy atom. The lowest BCUT2D eigenvalue weighted by atomic mass is 9.73. The van der Waals surface area contributed by atoms with Crippen molar-refractivity contribution in [1.82, 2.24) is 10.6 Å². The summed E-state index contributed by atoms with van der Waals surface area (Å²) in [4.78, 5) is 4.06. The van der Waals surface area contributed by atoms with E-state index >= 15 is 0 Å². The summed E-state index contributed by atoms with van der Waals surface area (Å²) >= 11 is 0. The first-order chi connectivity index (χ1) is 10.9. The van der Waals surface area contributed by atoms with Crippen LogP contribution in [-0.2, 0) is 16.3 Å². The van der Waals surface area contributed by atoms with E-state index in [9.17, 15) is 13.2 Å². The van der Waals surface area contributed by atoms with Gasteiger partial charge in [0.1, 0.15) is 0 Å². The van der Waals surface area contributed by atoms with Gasteiger partial charge in [0.15, 0.2) is 5.96 Å². The Bertz CT molecular complexity index is 552. The van der Waals surface area contributed by atoms with Crippen molar-refractivity contribution < 1.29 is 17.9 Å². The van der Waals surface area contributed by atoms with E-state index in [0.717, 1.165) is 6.07 Å². The topological polar surface area (TPSA) is 45.7 Å².